The van der Waals surface area contributed by atoms with Crippen molar-refractivity contribution >= 4 is 15.0 Å². The fourth-order valence-electron chi connectivity index (χ4n) is 0.676. The van der Waals surface area contributed by atoms with Crippen LogP contribution in [-0.4, -0.2) is 15.0 Å². The first-order valence-electron chi connectivity index (χ1n) is 3.59. The minimum absolute atomic E-state index is 0.742. The van der Waals surface area contributed by atoms with Gasteiger partial charge in [-0.25, -0.2) is 0 Å². The van der Waals surface area contributed by atoms with E-state index in [2.05, 4.69) is 23.8 Å². The molecule has 0 aromatic heterocycles. The third-order valence-corrected chi connectivity index (χ3v) is 2.18. The number of hydrogen-bond acceptors (Lipinski definition) is 0. The molecule has 0 aliphatic carbocycles. The summed E-state index contributed by atoms with van der Waals surface area (Å²) in [6.45, 7) is 2.24. The molecule has 0 radical (unpaired) electrons. The van der Waals surface area contributed by atoms with E-state index in [4.69, 9.17) is 0 Å². The molecule has 0 N–H and O–H groups in total. The van der Waals surface area contributed by atoms with E-state index in [0.29, 0.717) is 0 Å². The molecule has 0 nitrogen and oxygen atoms in total. The van der Waals surface area contributed by atoms with Crippen molar-refractivity contribution < 1.29 is 0 Å². The van der Waals surface area contributed by atoms with Crippen LogP contribution in [0.3, 0.4) is 0 Å². The number of allylic oxidation sites excluding steroid dienone is 1. The van der Waals surface area contributed by atoms with Gasteiger partial charge in [0.15, 0.2) is 0 Å². The molecule has 0 heterocycles. The van der Waals surface area contributed by atoms with Crippen LogP contribution in [0.4, 0.5) is 0 Å². The van der Waals surface area contributed by atoms with E-state index in [1.54, 1.807) is 0 Å². The molecule has 0 amide bonds. The zero-order valence-corrected chi connectivity index (χ0v) is 8.10. The molecule has 0 rings (SSSR count). The molecule has 0 aliphatic rings. The SMILES string of the molecule is CCCCC/C=C/[Se]C. The number of rotatable bonds is 5. The molecule has 0 fully saturated rings. The van der Waals surface area contributed by atoms with Gasteiger partial charge in [0.1, 0.15) is 0 Å². The van der Waals surface area contributed by atoms with Gasteiger partial charge in [-0.2, -0.15) is 0 Å². The Morgan fingerprint density at radius 1 is 1.33 bits per heavy atom. The van der Waals surface area contributed by atoms with Crippen molar-refractivity contribution in [2.45, 2.75) is 38.4 Å². The third kappa shape index (κ3) is 8.26. The van der Waals surface area contributed by atoms with Crippen LogP contribution in [0.15, 0.2) is 11.1 Å². The summed E-state index contributed by atoms with van der Waals surface area (Å²) in [7, 11) is 0. The molecular weight excluding hydrogens is 175 g/mol. The van der Waals surface area contributed by atoms with E-state index in [1.165, 1.54) is 25.7 Å². The van der Waals surface area contributed by atoms with E-state index < -0.39 is 0 Å². The zero-order chi connectivity index (χ0) is 6.95. The van der Waals surface area contributed by atoms with E-state index >= 15 is 0 Å². The molecule has 0 unspecified atom stereocenters. The molecule has 0 spiro atoms. The van der Waals surface area contributed by atoms with Gasteiger partial charge in [0.2, 0.25) is 0 Å². The monoisotopic (exact) mass is 192 g/mol. The topological polar surface area (TPSA) is 0 Å². The van der Waals surface area contributed by atoms with Gasteiger partial charge in [-0.15, -0.1) is 0 Å². The predicted octanol–water partition coefficient (Wildman–Crippen LogP) is 2.83. The Kier molecular flexibility index (Phi) is 8.50. The van der Waals surface area contributed by atoms with Gasteiger partial charge >= 0.3 is 64.4 Å². The Hall–Kier alpha value is 0.259. The van der Waals surface area contributed by atoms with Crippen molar-refractivity contribution in [2.75, 3.05) is 0 Å². The van der Waals surface area contributed by atoms with Gasteiger partial charge in [0.05, 0.1) is 0 Å². The predicted molar refractivity (Wildman–Crippen MR) is 44.9 cm³/mol. The number of hydrogen-bond donors (Lipinski definition) is 0. The molecule has 0 bridgehead atoms. The Morgan fingerprint density at radius 3 is 2.67 bits per heavy atom. The summed E-state index contributed by atoms with van der Waals surface area (Å²) in [6.07, 6.45) is 7.72. The first kappa shape index (κ1) is 9.26. The fourth-order valence-corrected chi connectivity index (χ4v) is 1.37. The van der Waals surface area contributed by atoms with Crippen LogP contribution in [0.2, 0.25) is 5.82 Å². The van der Waals surface area contributed by atoms with Crippen LogP contribution in [-0.2, 0) is 0 Å². The summed E-state index contributed by atoms with van der Waals surface area (Å²) in [6, 6.07) is 0. The van der Waals surface area contributed by atoms with Crippen molar-refractivity contribution in [3.8, 4) is 0 Å². The normalized spacial score (nSPS) is 10.9. The van der Waals surface area contributed by atoms with Crippen LogP contribution in [0.25, 0.3) is 0 Å². The van der Waals surface area contributed by atoms with Crippen LogP contribution in [0, 0.1) is 0 Å². The molecular formula is C8H16Se. The molecule has 0 atom stereocenters. The third-order valence-electron chi connectivity index (χ3n) is 1.21. The molecule has 1 heteroatoms. The fraction of sp³-hybridized carbons (Fsp3) is 0.750. The summed E-state index contributed by atoms with van der Waals surface area (Å²) in [5, 5.41) is 0. The van der Waals surface area contributed by atoms with Crippen molar-refractivity contribution in [3.63, 3.8) is 0 Å². The first-order chi connectivity index (χ1) is 4.41. The quantitative estimate of drug-likeness (QED) is 0.463. The summed E-state index contributed by atoms with van der Waals surface area (Å²) in [5.41, 5.74) is 0. The summed E-state index contributed by atoms with van der Waals surface area (Å²) in [5.74, 6) is 2.24. The van der Waals surface area contributed by atoms with Gasteiger partial charge in [-0.1, -0.05) is 0 Å². The molecule has 0 aliphatic heterocycles. The van der Waals surface area contributed by atoms with Gasteiger partial charge in [0.25, 0.3) is 0 Å². The molecule has 9 heavy (non-hydrogen) atoms. The molecule has 0 saturated heterocycles. The molecule has 0 aromatic rings. The van der Waals surface area contributed by atoms with Crippen LogP contribution in [0.5, 0.6) is 0 Å². The maximum absolute atomic E-state index is 2.32. The Labute approximate surface area is 64.9 Å². The van der Waals surface area contributed by atoms with Crippen molar-refractivity contribution in [1.29, 1.82) is 0 Å². The van der Waals surface area contributed by atoms with Gasteiger partial charge in [0, 0.05) is 0 Å². The van der Waals surface area contributed by atoms with Crippen molar-refractivity contribution in [3.05, 3.63) is 11.1 Å². The Bertz CT molecular complexity index is 67.0. The molecule has 54 valence electrons. The molecule has 0 saturated carbocycles. The zero-order valence-electron chi connectivity index (χ0n) is 6.39. The van der Waals surface area contributed by atoms with Crippen LogP contribution in [0.1, 0.15) is 32.6 Å². The second kappa shape index (κ2) is 8.26. The average molecular weight is 191 g/mol. The van der Waals surface area contributed by atoms with Gasteiger partial charge in [-0.05, 0) is 0 Å². The van der Waals surface area contributed by atoms with Gasteiger partial charge in [-0.3, -0.25) is 0 Å². The van der Waals surface area contributed by atoms with E-state index in [9.17, 15) is 0 Å². The summed E-state index contributed by atoms with van der Waals surface area (Å²) < 4.78 is 0. The van der Waals surface area contributed by atoms with E-state index in [1.807, 2.05) is 0 Å². The van der Waals surface area contributed by atoms with E-state index in [-0.39, 0.29) is 0 Å². The second-order valence-corrected chi connectivity index (χ2v) is 3.66. The molecule has 0 aromatic carbocycles. The standard InChI is InChI=1S/C8H16Se/c1-3-4-5-6-7-8-9-2/h7-8H,3-6H2,1-2H3/b8-7+. The first-order valence-corrected chi connectivity index (χ1v) is 6.29. The Morgan fingerprint density at radius 2 is 2.11 bits per heavy atom. The summed E-state index contributed by atoms with van der Waals surface area (Å²) in [4.78, 5) is 2.31. The van der Waals surface area contributed by atoms with E-state index in [0.717, 1.165) is 15.0 Å². The van der Waals surface area contributed by atoms with Crippen LogP contribution < -0.4 is 0 Å². The average Bonchev–Trinajstić information content (AvgIpc) is 1.89. The minimum atomic E-state index is 0.742. The van der Waals surface area contributed by atoms with Gasteiger partial charge < -0.3 is 0 Å². The van der Waals surface area contributed by atoms with Crippen molar-refractivity contribution in [1.82, 2.24) is 0 Å². The maximum atomic E-state index is 2.32. The van der Waals surface area contributed by atoms with Crippen molar-refractivity contribution in [2.24, 2.45) is 0 Å². The number of unbranched alkanes of at least 4 members (excludes halogenated alkanes) is 3. The summed E-state index contributed by atoms with van der Waals surface area (Å²) >= 11 is 0.742. The Balaban J connectivity index is 2.82. The van der Waals surface area contributed by atoms with Crippen LogP contribution >= 0.6 is 0 Å². The second-order valence-electron chi connectivity index (χ2n) is 2.10.